The van der Waals surface area contributed by atoms with E-state index < -0.39 is 12.1 Å². The van der Waals surface area contributed by atoms with Crippen LogP contribution in [0.3, 0.4) is 0 Å². The van der Waals surface area contributed by atoms with E-state index in [0.717, 1.165) is 33.5 Å². The molecule has 150 valence electrons. The number of amides is 1. The number of carbonyl (C=O) groups is 1. The van der Waals surface area contributed by atoms with Crippen LogP contribution in [0.2, 0.25) is 0 Å². The molecule has 0 bridgehead atoms. The van der Waals surface area contributed by atoms with Gasteiger partial charge in [-0.25, -0.2) is 4.79 Å². The third-order valence-corrected chi connectivity index (χ3v) is 5.57. The van der Waals surface area contributed by atoms with E-state index in [0.29, 0.717) is 12.3 Å². The number of aromatic nitrogens is 2. The van der Waals surface area contributed by atoms with Crippen molar-refractivity contribution in [1.82, 2.24) is 15.5 Å². The van der Waals surface area contributed by atoms with Crippen LogP contribution in [-0.2, 0) is 6.42 Å². The summed E-state index contributed by atoms with van der Waals surface area (Å²) in [6.07, 6.45) is 3.52. The van der Waals surface area contributed by atoms with Crippen molar-refractivity contribution >= 4 is 17.1 Å². The third kappa shape index (κ3) is 3.64. The molecule has 1 atom stereocenters. The van der Waals surface area contributed by atoms with E-state index in [1.807, 2.05) is 42.5 Å². The van der Waals surface area contributed by atoms with Crippen LogP contribution in [0, 0.1) is 0 Å². The summed E-state index contributed by atoms with van der Waals surface area (Å²) in [5, 5.41) is 17.4. The van der Waals surface area contributed by atoms with Gasteiger partial charge < -0.3 is 14.9 Å². The van der Waals surface area contributed by atoms with Crippen LogP contribution >= 0.6 is 0 Å². The molecule has 30 heavy (non-hydrogen) atoms. The Morgan fingerprint density at radius 3 is 2.73 bits per heavy atom. The molecule has 0 radical (unpaired) electrons. The van der Waals surface area contributed by atoms with Crippen molar-refractivity contribution in [3.8, 4) is 11.3 Å². The minimum absolute atomic E-state index is 0.436. The zero-order valence-corrected chi connectivity index (χ0v) is 16.3. The van der Waals surface area contributed by atoms with Crippen molar-refractivity contribution in [2.24, 2.45) is 0 Å². The van der Waals surface area contributed by atoms with Crippen LogP contribution in [-0.4, -0.2) is 21.3 Å². The summed E-state index contributed by atoms with van der Waals surface area (Å²) >= 11 is 0. The summed E-state index contributed by atoms with van der Waals surface area (Å²) in [4.78, 5) is 15.9. The maximum absolute atomic E-state index is 11.5. The van der Waals surface area contributed by atoms with E-state index in [1.54, 1.807) is 6.20 Å². The normalized spacial score (nSPS) is 14.5. The first-order valence-corrected chi connectivity index (χ1v) is 10.1. The van der Waals surface area contributed by atoms with E-state index in [2.05, 4.69) is 33.7 Å². The Kier molecular flexibility index (Phi) is 4.67. The number of hydrogen-bond acceptors (Lipinski definition) is 4. The summed E-state index contributed by atoms with van der Waals surface area (Å²) in [6.45, 7) is 0. The summed E-state index contributed by atoms with van der Waals surface area (Å²) in [5.74, 6) is 0.637. The zero-order valence-electron chi connectivity index (χ0n) is 16.3. The molecular formula is C24H21N3O3. The van der Waals surface area contributed by atoms with Gasteiger partial charge in [0.15, 0.2) is 5.58 Å². The molecule has 1 aliphatic rings. The second kappa shape index (κ2) is 7.63. The molecule has 2 aromatic heterocycles. The molecule has 1 unspecified atom stereocenters. The summed E-state index contributed by atoms with van der Waals surface area (Å²) < 4.78 is 5.66. The van der Waals surface area contributed by atoms with Gasteiger partial charge in [-0.05, 0) is 54.2 Å². The topological polar surface area (TPSA) is 88.2 Å². The lowest BCUT2D eigenvalue weighted by molar-refractivity contribution is 0.190. The number of carboxylic acid groups (broad SMARTS) is 1. The van der Waals surface area contributed by atoms with Crippen LogP contribution in [0.25, 0.3) is 22.2 Å². The van der Waals surface area contributed by atoms with Crippen molar-refractivity contribution in [3.63, 3.8) is 0 Å². The highest BCUT2D eigenvalue weighted by molar-refractivity contribution is 5.93. The molecule has 1 aliphatic carbocycles. The fourth-order valence-corrected chi connectivity index (χ4v) is 3.95. The number of rotatable bonds is 6. The molecule has 0 saturated heterocycles. The van der Waals surface area contributed by atoms with Crippen LogP contribution in [0.5, 0.6) is 0 Å². The molecule has 1 fully saturated rings. The number of fused-ring (bicyclic) bond motifs is 1. The molecule has 0 aliphatic heterocycles. The molecule has 2 heterocycles. The van der Waals surface area contributed by atoms with Gasteiger partial charge in [0.1, 0.15) is 5.69 Å². The van der Waals surface area contributed by atoms with Crippen LogP contribution < -0.4 is 5.32 Å². The lowest BCUT2D eigenvalue weighted by atomic mass is 9.93. The van der Waals surface area contributed by atoms with Crippen molar-refractivity contribution < 1.29 is 14.4 Å². The second-order valence-electron chi connectivity index (χ2n) is 7.68. The highest BCUT2D eigenvalue weighted by Crippen LogP contribution is 2.42. The number of pyridine rings is 1. The summed E-state index contributed by atoms with van der Waals surface area (Å²) in [7, 11) is 0. The minimum Gasteiger partial charge on any atom is -0.465 e. The molecular weight excluding hydrogens is 378 g/mol. The number of benzene rings is 2. The lowest BCUT2D eigenvalue weighted by Gasteiger charge is -2.20. The molecule has 0 spiro atoms. The smallest absolute Gasteiger partial charge is 0.405 e. The maximum atomic E-state index is 11.5. The van der Waals surface area contributed by atoms with Gasteiger partial charge in [-0.3, -0.25) is 4.98 Å². The van der Waals surface area contributed by atoms with Gasteiger partial charge in [-0.1, -0.05) is 41.6 Å². The molecule has 2 N–H and O–H groups in total. The predicted molar refractivity (Wildman–Crippen MR) is 113 cm³/mol. The van der Waals surface area contributed by atoms with E-state index in [4.69, 9.17) is 4.52 Å². The van der Waals surface area contributed by atoms with Gasteiger partial charge >= 0.3 is 6.09 Å². The summed E-state index contributed by atoms with van der Waals surface area (Å²) in [6, 6.07) is 19.2. The van der Waals surface area contributed by atoms with Crippen molar-refractivity contribution in [2.75, 3.05) is 0 Å². The fraction of sp³-hybridized carbons (Fsp3) is 0.208. The largest absolute Gasteiger partial charge is 0.465 e. The minimum atomic E-state index is -1.08. The molecule has 4 aromatic rings. The Morgan fingerprint density at radius 2 is 1.97 bits per heavy atom. The highest BCUT2D eigenvalue weighted by Gasteiger charge is 2.26. The first-order valence-electron chi connectivity index (χ1n) is 10.1. The monoisotopic (exact) mass is 399 g/mol. The Hall–Kier alpha value is -3.67. The second-order valence-corrected chi connectivity index (χ2v) is 7.68. The van der Waals surface area contributed by atoms with Gasteiger partial charge in [0, 0.05) is 29.3 Å². The lowest BCUT2D eigenvalue weighted by Crippen LogP contribution is -2.29. The fourth-order valence-electron chi connectivity index (χ4n) is 3.95. The standard InChI is InChI=1S/C24H21N3O3/c28-24(29)26-21(14-17-5-3-4-12-25-17)18-6-1-2-7-19(18)23-20-11-10-16(15-8-9-15)13-22(20)30-27-23/h1-7,10-13,15,21,26H,8-9,14H2,(H,28,29). The molecule has 1 amide bonds. The van der Waals surface area contributed by atoms with Gasteiger partial charge in [0.2, 0.25) is 0 Å². The van der Waals surface area contributed by atoms with Gasteiger partial charge in [-0.2, -0.15) is 0 Å². The predicted octanol–water partition coefficient (Wildman–Crippen LogP) is 5.32. The van der Waals surface area contributed by atoms with Gasteiger partial charge in [-0.15, -0.1) is 0 Å². The third-order valence-electron chi connectivity index (χ3n) is 5.57. The molecule has 5 rings (SSSR count). The number of nitrogens with zero attached hydrogens (tertiary/aromatic N) is 2. The van der Waals surface area contributed by atoms with Gasteiger partial charge in [0.05, 0.1) is 6.04 Å². The Labute approximate surface area is 173 Å². The molecule has 2 aromatic carbocycles. The van der Waals surface area contributed by atoms with Crippen LogP contribution in [0.4, 0.5) is 4.79 Å². The van der Waals surface area contributed by atoms with Gasteiger partial charge in [0.25, 0.3) is 0 Å². The average Bonchev–Trinajstić information content (AvgIpc) is 3.53. The first-order chi connectivity index (χ1) is 14.7. The highest BCUT2D eigenvalue weighted by atomic mass is 16.5. The van der Waals surface area contributed by atoms with E-state index in [1.165, 1.54) is 18.4 Å². The zero-order chi connectivity index (χ0) is 20.5. The van der Waals surface area contributed by atoms with E-state index in [-0.39, 0.29) is 0 Å². The van der Waals surface area contributed by atoms with Crippen molar-refractivity contribution in [3.05, 3.63) is 83.7 Å². The Balaban J connectivity index is 1.57. The number of nitrogens with one attached hydrogen (secondary N) is 1. The van der Waals surface area contributed by atoms with Crippen molar-refractivity contribution in [1.29, 1.82) is 0 Å². The molecule has 1 saturated carbocycles. The summed E-state index contributed by atoms with van der Waals surface area (Å²) in [5.41, 5.74) is 5.28. The molecule has 6 heteroatoms. The van der Waals surface area contributed by atoms with Crippen LogP contribution in [0.15, 0.2) is 71.4 Å². The van der Waals surface area contributed by atoms with Crippen molar-refractivity contribution in [2.45, 2.75) is 31.2 Å². The van der Waals surface area contributed by atoms with Crippen LogP contribution in [0.1, 0.15) is 41.6 Å². The van der Waals surface area contributed by atoms with E-state index >= 15 is 0 Å². The average molecular weight is 399 g/mol. The van der Waals surface area contributed by atoms with E-state index in [9.17, 15) is 9.90 Å². The molecule has 6 nitrogen and oxygen atoms in total. The Morgan fingerprint density at radius 1 is 1.13 bits per heavy atom. The number of hydrogen-bond donors (Lipinski definition) is 2. The first kappa shape index (κ1) is 18.4. The Bertz CT molecular complexity index is 1200. The SMILES string of the molecule is O=C(O)NC(Cc1ccccn1)c1ccccc1-c1noc2cc(C3CC3)ccc12. The maximum Gasteiger partial charge on any atom is 0.405 e. The quantitative estimate of drug-likeness (QED) is 0.458.